The Bertz CT molecular complexity index is 593. The predicted molar refractivity (Wildman–Crippen MR) is 72.9 cm³/mol. The van der Waals surface area contributed by atoms with E-state index in [1.165, 1.54) is 0 Å². The summed E-state index contributed by atoms with van der Waals surface area (Å²) in [5.41, 5.74) is 1.84. The molecule has 98 valence electrons. The van der Waals surface area contributed by atoms with Gasteiger partial charge in [0.2, 0.25) is 0 Å². The van der Waals surface area contributed by atoms with Crippen LogP contribution in [0.3, 0.4) is 0 Å². The van der Waals surface area contributed by atoms with Crippen molar-refractivity contribution in [1.29, 1.82) is 0 Å². The van der Waals surface area contributed by atoms with Gasteiger partial charge in [-0.15, -0.1) is 0 Å². The number of aryl methyl sites for hydroxylation is 1. The van der Waals surface area contributed by atoms with Gasteiger partial charge in [0.05, 0.1) is 12.2 Å². The maximum Gasteiger partial charge on any atom is 0.120 e. The molecule has 0 aliphatic carbocycles. The molecular weight excluding hydrogens is 240 g/mol. The largest absolute Gasteiger partial charge is 0.492 e. The van der Waals surface area contributed by atoms with E-state index in [1.54, 1.807) is 0 Å². The minimum atomic E-state index is -0.135. The molecule has 0 fully saturated rings. The summed E-state index contributed by atoms with van der Waals surface area (Å²) < 4.78 is 7.50. The average molecular weight is 256 g/mol. The molecule has 2 rings (SSSR count). The molecule has 4 heteroatoms. The van der Waals surface area contributed by atoms with E-state index in [-0.39, 0.29) is 6.61 Å². The molecule has 0 spiro atoms. The monoisotopic (exact) mass is 256 g/mol. The summed E-state index contributed by atoms with van der Waals surface area (Å²) in [6.45, 7) is 3.09. The van der Waals surface area contributed by atoms with Crippen LogP contribution in [0.1, 0.15) is 11.3 Å². The van der Waals surface area contributed by atoms with Crippen molar-refractivity contribution in [2.24, 2.45) is 0 Å². The third kappa shape index (κ3) is 4.16. The molecule has 19 heavy (non-hydrogen) atoms. The van der Waals surface area contributed by atoms with Crippen LogP contribution in [-0.4, -0.2) is 28.1 Å². The maximum atomic E-state index is 8.65. The molecule has 0 radical (unpaired) electrons. The van der Waals surface area contributed by atoms with Crippen LogP contribution in [0.5, 0.6) is 5.75 Å². The standard InChI is InChI=1S/C15H16N2O2/c1-13-7-8-17(16-13)9-11-19-15-6-2-4-14(12-15)5-3-10-18/h2,4,6-8,12,18H,9-11H2,1H3. The lowest BCUT2D eigenvalue weighted by molar-refractivity contribution is 0.291. The van der Waals surface area contributed by atoms with Crippen molar-refractivity contribution in [1.82, 2.24) is 9.78 Å². The SMILES string of the molecule is Cc1ccn(CCOc2cccc(C#CCO)c2)n1. The van der Waals surface area contributed by atoms with Crippen molar-refractivity contribution in [3.63, 3.8) is 0 Å². The summed E-state index contributed by atoms with van der Waals surface area (Å²) in [5, 5.41) is 12.9. The first-order valence-electron chi connectivity index (χ1n) is 6.10. The van der Waals surface area contributed by atoms with Crippen molar-refractivity contribution >= 4 is 0 Å². The molecule has 1 heterocycles. The lowest BCUT2D eigenvalue weighted by Crippen LogP contribution is -2.08. The van der Waals surface area contributed by atoms with Gasteiger partial charge in [0.1, 0.15) is 19.0 Å². The first-order valence-corrected chi connectivity index (χ1v) is 6.10. The van der Waals surface area contributed by atoms with E-state index in [9.17, 15) is 0 Å². The molecule has 0 amide bonds. The molecule has 0 unspecified atom stereocenters. The van der Waals surface area contributed by atoms with Crippen LogP contribution in [0.4, 0.5) is 0 Å². The molecule has 1 aromatic carbocycles. The molecule has 0 bridgehead atoms. The van der Waals surface area contributed by atoms with Gasteiger partial charge in [0.25, 0.3) is 0 Å². The van der Waals surface area contributed by atoms with Crippen LogP contribution in [0.15, 0.2) is 36.5 Å². The second kappa shape index (κ2) is 6.62. The summed E-state index contributed by atoms with van der Waals surface area (Å²) in [4.78, 5) is 0. The van der Waals surface area contributed by atoms with E-state index in [0.29, 0.717) is 13.2 Å². The summed E-state index contributed by atoms with van der Waals surface area (Å²) in [7, 11) is 0. The summed E-state index contributed by atoms with van der Waals surface area (Å²) >= 11 is 0. The molecule has 0 aliphatic rings. The van der Waals surface area contributed by atoms with Crippen molar-refractivity contribution in [2.75, 3.05) is 13.2 Å². The van der Waals surface area contributed by atoms with Gasteiger partial charge in [-0.2, -0.15) is 5.10 Å². The Balaban J connectivity index is 1.89. The highest BCUT2D eigenvalue weighted by atomic mass is 16.5. The van der Waals surface area contributed by atoms with Crippen molar-refractivity contribution in [3.05, 3.63) is 47.8 Å². The molecular formula is C15H16N2O2. The Morgan fingerprint density at radius 3 is 3.00 bits per heavy atom. The predicted octanol–water partition coefficient (Wildman–Crippen LogP) is 1.61. The van der Waals surface area contributed by atoms with Gasteiger partial charge in [-0.3, -0.25) is 4.68 Å². The second-order valence-electron chi connectivity index (χ2n) is 4.06. The fraction of sp³-hybridized carbons (Fsp3) is 0.267. The molecule has 4 nitrogen and oxygen atoms in total. The fourth-order valence-corrected chi connectivity index (χ4v) is 1.65. The maximum absolute atomic E-state index is 8.65. The van der Waals surface area contributed by atoms with Crippen molar-refractivity contribution in [3.8, 4) is 17.6 Å². The second-order valence-corrected chi connectivity index (χ2v) is 4.06. The normalized spacial score (nSPS) is 9.79. The van der Waals surface area contributed by atoms with E-state index in [1.807, 2.05) is 48.1 Å². The number of benzene rings is 1. The zero-order valence-electron chi connectivity index (χ0n) is 10.8. The molecule has 1 N–H and O–H groups in total. The van der Waals surface area contributed by atoms with Crippen LogP contribution in [0.25, 0.3) is 0 Å². The van der Waals surface area contributed by atoms with Crippen molar-refractivity contribution < 1.29 is 9.84 Å². The highest BCUT2D eigenvalue weighted by Crippen LogP contribution is 2.12. The van der Waals surface area contributed by atoms with Gasteiger partial charge in [0, 0.05) is 11.8 Å². The van der Waals surface area contributed by atoms with E-state index in [0.717, 1.165) is 17.0 Å². The molecule has 0 saturated carbocycles. The minimum absolute atomic E-state index is 0.135. The van der Waals surface area contributed by atoms with Crippen LogP contribution < -0.4 is 4.74 Å². The van der Waals surface area contributed by atoms with Gasteiger partial charge in [-0.05, 0) is 31.2 Å². The minimum Gasteiger partial charge on any atom is -0.492 e. The molecule has 0 saturated heterocycles. The third-order valence-corrected chi connectivity index (χ3v) is 2.51. The number of aliphatic hydroxyl groups excluding tert-OH is 1. The smallest absolute Gasteiger partial charge is 0.120 e. The summed E-state index contributed by atoms with van der Waals surface area (Å²) in [5.74, 6) is 6.23. The summed E-state index contributed by atoms with van der Waals surface area (Å²) in [6.07, 6.45) is 1.93. The molecule has 0 aliphatic heterocycles. The van der Waals surface area contributed by atoms with Gasteiger partial charge >= 0.3 is 0 Å². The number of ether oxygens (including phenoxy) is 1. The Morgan fingerprint density at radius 1 is 1.37 bits per heavy atom. The lowest BCUT2D eigenvalue weighted by Gasteiger charge is -2.06. The lowest BCUT2D eigenvalue weighted by atomic mass is 10.2. The Labute approximate surface area is 112 Å². The van der Waals surface area contributed by atoms with Gasteiger partial charge in [-0.25, -0.2) is 0 Å². The first-order chi connectivity index (χ1) is 9.28. The van der Waals surface area contributed by atoms with Crippen LogP contribution in [0, 0.1) is 18.8 Å². The van der Waals surface area contributed by atoms with Crippen LogP contribution in [0.2, 0.25) is 0 Å². The number of aliphatic hydroxyl groups is 1. The quantitative estimate of drug-likeness (QED) is 0.845. The zero-order chi connectivity index (χ0) is 13.5. The number of nitrogens with zero attached hydrogens (tertiary/aromatic N) is 2. The van der Waals surface area contributed by atoms with E-state index in [2.05, 4.69) is 16.9 Å². The highest BCUT2D eigenvalue weighted by Gasteiger charge is 1.97. The average Bonchev–Trinajstić information content (AvgIpc) is 2.83. The van der Waals surface area contributed by atoms with E-state index < -0.39 is 0 Å². The first kappa shape index (κ1) is 13.2. The zero-order valence-corrected chi connectivity index (χ0v) is 10.8. The number of hydrogen-bond acceptors (Lipinski definition) is 3. The topological polar surface area (TPSA) is 47.3 Å². The Morgan fingerprint density at radius 2 is 2.26 bits per heavy atom. The van der Waals surface area contributed by atoms with Gasteiger partial charge in [0.15, 0.2) is 0 Å². The molecule has 2 aromatic rings. The van der Waals surface area contributed by atoms with Gasteiger partial charge < -0.3 is 9.84 Å². The van der Waals surface area contributed by atoms with Crippen LogP contribution in [-0.2, 0) is 6.54 Å². The number of rotatable bonds is 4. The third-order valence-electron chi connectivity index (χ3n) is 2.51. The summed E-state index contributed by atoms with van der Waals surface area (Å²) in [6, 6.07) is 9.47. The van der Waals surface area contributed by atoms with Crippen LogP contribution >= 0.6 is 0 Å². The van der Waals surface area contributed by atoms with Crippen molar-refractivity contribution in [2.45, 2.75) is 13.5 Å². The number of aromatic nitrogens is 2. The Kier molecular flexibility index (Phi) is 4.60. The Hall–Kier alpha value is -2.25. The fourth-order valence-electron chi connectivity index (χ4n) is 1.65. The van der Waals surface area contributed by atoms with E-state index in [4.69, 9.17) is 9.84 Å². The number of hydrogen-bond donors (Lipinski definition) is 1. The van der Waals surface area contributed by atoms with E-state index >= 15 is 0 Å². The highest BCUT2D eigenvalue weighted by molar-refractivity contribution is 5.39. The molecule has 1 aromatic heterocycles. The van der Waals surface area contributed by atoms with Gasteiger partial charge in [-0.1, -0.05) is 17.9 Å². The molecule has 0 atom stereocenters.